The first-order valence-corrected chi connectivity index (χ1v) is 7.47. The van der Waals surface area contributed by atoms with E-state index in [-0.39, 0.29) is 6.04 Å². The average Bonchev–Trinajstić information content (AvgIpc) is 1.99. The van der Waals surface area contributed by atoms with E-state index in [9.17, 15) is 13.2 Å². The van der Waals surface area contributed by atoms with Crippen molar-refractivity contribution in [2.45, 2.75) is 18.6 Å². The van der Waals surface area contributed by atoms with E-state index in [1.807, 2.05) is 0 Å². The highest BCUT2D eigenvalue weighted by Gasteiger charge is 2.38. The summed E-state index contributed by atoms with van der Waals surface area (Å²) < 4.78 is 44.9. The molecule has 0 aromatic heterocycles. The summed E-state index contributed by atoms with van der Waals surface area (Å²) >= 11 is 3.03. The molecule has 0 saturated heterocycles. The van der Waals surface area contributed by atoms with E-state index in [0.717, 1.165) is 0 Å². The zero-order valence-corrected chi connectivity index (χ0v) is 9.33. The van der Waals surface area contributed by atoms with Gasteiger partial charge in [-0.15, -0.1) is 0 Å². The number of hydrogen-bond acceptors (Lipinski definition) is 2. The molecular weight excluding hydrogens is 257 g/mol. The molecule has 0 rings (SSSR count). The molecule has 12 heavy (non-hydrogen) atoms. The van der Waals surface area contributed by atoms with Gasteiger partial charge in [-0.25, -0.2) is 0 Å². The molecule has 0 N–H and O–H groups in total. The van der Waals surface area contributed by atoms with Gasteiger partial charge >= 0.3 is 13.4 Å². The van der Waals surface area contributed by atoms with Crippen LogP contribution in [0, 0.1) is 0 Å². The maximum absolute atomic E-state index is 11.7. The fourth-order valence-electron chi connectivity index (χ4n) is 0.579. The molecule has 0 saturated carbocycles. The monoisotopic (exact) mass is 266 g/mol. The van der Waals surface area contributed by atoms with Gasteiger partial charge in [-0.3, -0.25) is 0 Å². The van der Waals surface area contributed by atoms with E-state index in [1.165, 1.54) is 14.2 Å². The minimum absolute atomic E-state index is 0.135. The third-order valence-electron chi connectivity index (χ3n) is 1.32. The summed E-state index contributed by atoms with van der Waals surface area (Å²) in [5, 5.41) is 0. The van der Waals surface area contributed by atoms with Crippen LogP contribution in [0.5, 0.6) is 0 Å². The van der Waals surface area contributed by atoms with Crippen molar-refractivity contribution in [1.82, 2.24) is 0 Å². The van der Waals surface area contributed by atoms with Crippen LogP contribution in [-0.2, 0) is 8.85 Å². The van der Waals surface area contributed by atoms with E-state index >= 15 is 0 Å². The Labute approximate surface area is 77.9 Å². The van der Waals surface area contributed by atoms with Gasteiger partial charge in [-0.2, -0.15) is 13.2 Å². The van der Waals surface area contributed by atoms with Gasteiger partial charge in [0.1, 0.15) is 0 Å². The van der Waals surface area contributed by atoms with Gasteiger partial charge in [0.05, 0.1) is 0 Å². The van der Waals surface area contributed by atoms with Gasteiger partial charge in [0.25, 0.3) is 0 Å². The number of halogens is 4. The van der Waals surface area contributed by atoms with Crippen molar-refractivity contribution in [2.24, 2.45) is 0 Å². The predicted octanol–water partition coefficient (Wildman–Crippen LogP) is 2.57. The average molecular weight is 267 g/mol. The second kappa shape index (κ2) is 4.59. The first-order chi connectivity index (χ1) is 5.33. The van der Waals surface area contributed by atoms with Gasteiger partial charge in [0, 0.05) is 26.7 Å². The third-order valence-corrected chi connectivity index (χ3v) is 6.52. The number of rotatable bonds is 4. The summed E-state index contributed by atoms with van der Waals surface area (Å²) in [6, 6.07) is -0.135. The first kappa shape index (κ1) is 12.4. The van der Waals surface area contributed by atoms with Gasteiger partial charge in [0.15, 0.2) is 0 Å². The number of hydrogen-bond donors (Lipinski definition) is 0. The molecule has 0 unspecified atom stereocenters. The van der Waals surface area contributed by atoms with E-state index < -0.39 is 19.8 Å². The standard InChI is InChI=1S/C5H10BrF3O2Si/c1-10-12(6,11-2)4-3-5(7,8)9/h3-4H2,1-2H3. The largest absolute Gasteiger partial charge is 0.414 e. The van der Waals surface area contributed by atoms with Gasteiger partial charge in [-0.05, 0) is 0 Å². The molecule has 0 aromatic rings. The van der Waals surface area contributed by atoms with Crippen LogP contribution in [0.4, 0.5) is 13.2 Å². The zero-order valence-electron chi connectivity index (χ0n) is 6.74. The molecule has 0 bridgehead atoms. The minimum atomic E-state index is -4.15. The lowest BCUT2D eigenvalue weighted by molar-refractivity contribution is -0.131. The summed E-state index contributed by atoms with van der Waals surface area (Å²) in [5.74, 6) is 0. The third kappa shape index (κ3) is 5.12. The van der Waals surface area contributed by atoms with Crippen molar-refractivity contribution in [1.29, 1.82) is 0 Å². The Balaban J connectivity index is 3.89. The molecule has 0 radical (unpaired) electrons. The SMILES string of the molecule is CO[Si](Br)(CCC(F)(F)F)OC. The Morgan fingerprint density at radius 1 is 1.25 bits per heavy atom. The van der Waals surface area contributed by atoms with Crippen LogP contribution in [0.3, 0.4) is 0 Å². The molecule has 0 aliphatic carbocycles. The Morgan fingerprint density at radius 3 is 1.92 bits per heavy atom. The van der Waals surface area contributed by atoms with Crippen molar-refractivity contribution < 1.29 is 22.0 Å². The fraction of sp³-hybridized carbons (Fsp3) is 1.00. The molecule has 0 atom stereocenters. The molecule has 0 aliphatic heterocycles. The lowest BCUT2D eigenvalue weighted by atomic mass is 10.5. The molecule has 0 spiro atoms. The van der Waals surface area contributed by atoms with Crippen LogP contribution in [-0.4, -0.2) is 27.6 Å². The Bertz CT molecular complexity index is 137. The van der Waals surface area contributed by atoms with E-state index in [1.54, 1.807) is 0 Å². The summed E-state index contributed by atoms with van der Waals surface area (Å²) in [5.41, 5.74) is 0. The predicted molar refractivity (Wildman–Crippen MR) is 44.2 cm³/mol. The van der Waals surface area contributed by atoms with Crippen LogP contribution >= 0.6 is 15.3 Å². The molecule has 0 fully saturated rings. The van der Waals surface area contributed by atoms with E-state index in [0.29, 0.717) is 0 Å². The highest BCUT2D eigenvalue weighted by atomic mass is 79.9. The maximum atomic E-state index is 11.7. The van der Waals surface area contributed by atoms with Crippen molar-refractivity contribution in [3.8, 4) is 0 Å². The van der Waals surface area contributed by atoms with Crippen molar-refractivity contribution in [2.75, 3.05) is 14.2 Å². The Kier molecular flexibility index (Phi) is 4.75. The highest BCUT2D eigenvalue weighted by molar-refractivity contribution is 9.25. The molecule has 0 amide bonds. The van der Waals surface area contributed by atoms with E-state index in [2.05, 4.69) is 15.3 Å². The number of alkyl halides is 3. The summed E-state index contributed by atoms with van der Waals surface area (Å²) in [6.45, 7) is 0. The lowest BCUT2D eigenvalue weighted by Gasteiger charge is -2.20. The van der Waals surface area contributed by atoms with Crippen LogP contribution in [0.25, 0.3) is 0 Å². The van der Waals surface area contributed by atoms with Crippen LogP contribution in [0.2, 0.25) is 6.04 Å². The van der Waals surface area contributed by atoms with Crippen molar-refractivity contribution in [3.63, 3.8) is 0 Å². The normalized spacial score (nSPS) is 13.5. The molecule has 7 heteroatoms. The lowest BCUT2D eigenvalue weighted by Crippen LogP contribution is -2.33. The first-order valence-electron chi connectivity index (χ1n) is 3.19. The van der Waals surface area contributed by atoms with Crippen LogP contribution < -0.4 is 0 Å². The Hall–Kier alpha value is 0.407. The minimum Gasteiger partial charge on any atom is -0.390 e. The highest BCUT2D eigenvalue weighted by Crippen LogP contribution is 2.29. The quantitative estimate of drug-likeness (QED) is 0.575. The fourth-order valence-corrected chi connectivity index (χ4v) is 2.33. The van der Waals surface area contributed by atoms with Crippen LogP contribution in [0.15, 0.2) is 0 Å². The van der Waals surface area contributed by atoms with Crippen molar-refractivity contribution in [3.05, 3.63) is 0 Å². The summed E-state index contributed by atoms with van der Waals surface area (Å²) in [6.07, 6.45) is -5.03. The molecule has 0 aliphatic rings. The second-order valence-corrected chi connectivity index (χ2v) is 8.44. The van der Waals surface area contributed by atoms with Crippen LogP contribution in [0.1, 0.15) is 6.42 Å². The van der Waals surface area contributed by atoms with Gasteiger partial charge < -0.3 is 8.85 Å². The maximum Gasteiger partial charge on any atom is 0.414 e. The zero-order chi connectivity index (χ0) is 9.83. The van der Waals surface area contributed by atoms with Gasteiger partial charge in [-0.1, -0.05) is 15.3 Å². The van der Waals surface area contributed by atoms with Gasteiger partial charge in [0.2, 0.25) is 0 Å². The molecule has 0 heterocycles. The molecular formula is C5H10BrF3O2Si. The molecule has 0 aromatic carbocycles. The summed E-state index contributed by atoms with van der Waals surface area (Å²) in [4.78, 5) is 0. The molecule has 2 nitrogen and oxygen atoms in total. The van der Waals surface area contributed by atoms with E-state index in [4.69, 9.17) is 8.85 Å². The topological polar surface area (TPSA) is 18.5 Å². The molecule has 74 valence electrons. The second-order valence-electron chi connectivity index (χ2n) is 2.18. The smallest absolute Gasteiger partial charge is 0.390 e. The van der Waals surface area contributed by atoms with Crippen molar-refractivity contribution >= 4 is 22.5 Å². The Morgan fingerprint density at radius 2 is 1.67 bits per heavy atom. The summed E-state index contributed by atoms with van der Waals surface area (Å²) in [7, 11) is -0.0463.